The highest BCUT2D eigenvalue weighted by atomic mass is 35.5. The molecule has 3 rings (SSSR count). The lowest BCUT2D eigenvalue weighted by Crippen LogP contribution is -2.22. The highest BCUT2D eigenvalue weighted by Crippen LogP contribution is 2.34. The average molecular weight is 422 g/mol. The smallest absolute Gasteiger partial charge is 0.273 e. The summed E-state index contributed by atoms with van der Waals surface area (Å²) in [4.78, 5) is 0.301. The van der Waals surface area contributed by atoms with E-state index in [0.29, 0.717) is 15.5 Å². The third kappa shape index (κ3) is 4.09. The zero-order chi connectivity index (χ0) is 18.9. The fourth-order valence-electron chi connectivity index (χ4n) is 2.08. The van der Waals surface area contributed by atoms with E-state index in [2.05, 4.69) is 9.82 Å². The summed E-state index contributed by atoms with van der Waals surface area (Å²) >= 11 is 6.81. The maximum absolute atomic E-state index is 12.6. The van der Waals surface area contributed by atoms with E-state index in [-0.39, 0.29) is 16.4 Å². The Labute approximate surface area is 155 Å². The van der Waals surface area contributed by atoms with Gasteiger partial charge >= 0.3 is 6.18 Å². The SMILES string of the molecule is O=S(=O)(NCc1ccccc1Cl)c1ccc(-c2cc(C(F)(F)F)[nH]n2)s1. The molecule has 0 saturated carbocycles. The van der Waals surface area contributed by atoms with Crippen LogP contribution in [0.5, 0.6) is 0 Å². The van der Waals surface area contributed by atoms with Gasteiger partial charge in [-0.25, -0.2) is 13.1 Å². The van der Waals surface area contributed by atoms with Gasteiger partial charge in [-0.2, -0.15) is 18.3 Å². The lowest BCUT2D eigenvalue weighted by Gasteiger charge is -2.06. The number of alkyl halides is 3. The molecule has 0 radical (unpaired) electrons. The Hall–Kier alpha value is -1.88. The Balaban J connectivity index is 1.78. The number of aromatic nitrogens is 2. The second kappa shape index (κ2) is 7.03. The van der Waals surface area contributed by atoms with Crippen LogP contribution in [0.2, 0.25) is 5.02 Å². The van der Waals surface area contributed by atoms with Gasteiger partial charge in [0.25, 0.3) is 0 Å². The van der Waals surface area contributed by atoms with Gasteiger partial charge in [0.2, 0.25) is 10.0 Å². The highest BCUT2D eigenvalue weighted by Gasteiger charge is 2.33. The number of thiophene rings is 1. The van der Waals surface area contributed by atoms with Gasteiger partial charge < -0.3 is 0 Å². The number of aromatic amines is 1. The Morgan fingerprint density at radius 3 is 2.58 bits per heavy atom. The molecule has 138 valence electrons. The van der Waals surface area contributed by atoms with Gasteiger partial charge in [-0.15, -0.1) is 11.3 Å². The van der Waals surface area contributed by atoms with Crippen LogP contribution in [0, 0.1) is 0 Å². The van der Waals surface area contributed by atoms with Crippen molar-refractivity contribution in [1.82, 2.24) is 14.9 Å². The molecule has 0 amide bonds. The Bertz CT molecular complexity index is 1030. The molecular formula is C15H11ClF3N3O2S2. The molecular weight excluding hydrogens is 411 g/mol. The van der Waals surface area contributed by atoms with Crippen molar-refractivity contribution >= 4 is 33.0 Å². The molecule has 0 unspecified atom stereocenters. The van der Waals surface area contributed by atoms with Crippen LogP contribution in [0.25, 0.3) is 10.6 Å². The number of hydrogen-bond donors (Lipinski definition) is 2. The van der Waals surface area contributed by atoms with E-state index in [0.717, 1.165) is 17.4 Å². The van der Waals surface area contributed by atoms with E-state index in [4.69, 9.17) is 11.6 Å². The van der Waals surface area contributed by atoms with Gasteiger partial charge in [-0.1, -0.05) is 29.8 Å². The summed E-state index contributed by atoms with van der Waals surface area (Å²) < 4.78 is 65.0. The molecule has 0 aliphatic heterocycles. The quantitative estimate of drug-likeness (QED) is 0.645. The van der Waals surface area contributed by atoms with E-state index < -0.39 is 21.9 Å². The van der Waals surface area contributed by atoms with Crippen LogP contribution < -0.4 is 4.72 Å². The third-order valence-corrected chi connectivity index (χ3v) is 6.76. The largest absolute Gasteiger partial charge is 0.432 e. The van der Waals surface area contributed by atoms with E-state index in [1.54, 1.807) is 24.3 Å². The van der Waals surface area contributed by atoms with Crippen LogP contribution in [0.1, 0.15) is 11.3 Å². The zero-order valence-electron chi connectivity index (χ0n) is 12.8. The Morgan fingerprint density at radius 1 is 1.19 bits per heavy atom. The Morgan fingerprint density at radius 2 is 1.92 bits per heavy atom. The van der Waals surface area contributed by atoms with Crippen molar-refractivity contribution in [2.24, 2.45) is 0 Å². The van der Waals surface area contributed by atoms with E-state index in [1.165, 1.54) is 12.1 Å². The molecule has 2 aromatic heterocycles. The lowest BCUT2D eigenvalue weighted by atomic mass is 10.2. The molecule has 0 spiro atoms. The van der Waals surface area contributed by atoms with Crippen LogP contribution >= 0.6 is 22.9 Å². The summed E-state index contributed by atoms with van der Waals surface area (Å²) in [5.74, 6) is 0. The van der Waals surface area contributed by atoms with Crippen molar-refractivity contribution in [3.8, 4) is 10.6 Å². The predicted octanol–water partition coefficient (Wildman–Crippen LogP) is 4.29. The van der Waals surface area contributed by atoms with E-state index >= 15 is 0 Å². The molecule has 3 aromatic rings. The molecule has 2 N–H and O–H groups in total. The van der Waals surface area contributed by atoms with Crippen LogP contribution in [-0.4, -0.2) is 18.6 Å². The van der Waals surface area contributed by atoms with Crippen molar-refractivity contribution in [3.63, 3.8) is 0 Å². The third-order valence-electron chi connectivity index (χ3n) is 3.39. The fraction of sp³-hybridized carbons (Fsp3) is 0.133. The molecule has 0 bridgehead atoms. The molecule has 5 nitrogen and oxygen atoms in total. The van der Waals surface area contributed by atoms with Gasteiger partial charge in [0.05, 0.1) is 4.88 Å². The van der Waals surface area contributed by atoms with Crippen LogP contribution in [0.3, 0.4) is 0 Å². The topological polar surface area (TPSA) is 74.8 Å². The van der Waals surface area contributed by atoms with E-state index in [1.807, 2.05) is 5.10 Å². The highest BCUT2D eigenvalue weighted by molar-refractivity contribution is 7.91. The number of rotatable bonds is 5. The summed E-state index contributed by atoms with van der Waals surface area (Å²) in [6.45, 7) is -0.00410. The number of hydrogen-bond acceptors (Lipinski definition) is 4. The predicted molar refractivity (Wildman–Crippen MR) is 92.4 cm³/mol. The molecule has 0 saturated heterocycles. The van der Waals surface area contributed by atoms with Gasteiger partial charge in [0.15, 0.2) is 0 Å². The summed E-state index contributed by atoms with van der Waals surface area (Å²) in [5, 5.41) is 5.91. The molecule has 11 heteroatoms. The van der Waals surface area contributed by atoms with Crippen LogP contribution in [0.4, 0.5) is 13.2 Å². The second-order valence-corrected chi connectivity index (χ2v) is 8.68. The standard InChI is InChI=1S/C15H11ClF3N3O2S2/c16-10-4-2-1-3-9(10)8-20-26(23,24)14-6-5-12(25-14)11-7-13(22-21-11)15(17,18)19/h1-7,20H,8H2,(H,21,22). The summed E-state index contributed by atoms with van der Waals surface area (Å²) in [6, 6.07) is 10.3. The van der Waals surface area contributed by atoms with Crippen molar-refractivity contribution in [2.75, 3.05) is 0 Å². The van der Waals surface area contributed by atoms with Crippen molar-refractivity contribution in [1.29, 1.82) is 0 Å². The number of nitrogens with zero attached hydrogens (tertiary/aromatic N) is 1. The first-order valence-electron chi connectivity index (χ1n) is 7.13. The molecule has 1 aromatic carbocycles. The summed E-state index contributed by atoms with van der Waals surface area (Å²) in [5.41, 5.74) is -0.367. The van der Waals surface area contributed by atoms with Gasteiger partial charge in [-0.05, 0) is 29.8 Å². The van der Waals surface area contributed by atoms with Crippen LogP contribution in [0.15, 0.2) is 46.7 Å². The number of sulfonamides is 1. The molecule has 26 heavy (non-hydrogen) atoms. The molecule has 0 atom stereocenters. The Kier molecular flexibility index (Phi) is 5.11. The molecule has 2 heterocycles. The van der Waals surface area contributed by atoms with Crippen molar-refractivity contribution < 1.29 is 21.6 Å². The fourth-order valence-corrected chi connectivity index (χ4v) is 4.60. The minimum atomic E-state index is -4.55. The van der Waals surface area contributed by atoms with Crippen molar-refractivity contribution in [2.45, 2.75) is 16.9 Å². The lowest BCUT2D eigenvalue weighted by molar-refractivity contribution is -0.141. The van der Waals surface area contributed by atoms with Crippen LogP contribution in [-0.2, 0) is 22.7 Å². The number of benzene rings is 1. The van der Waals surface area contributed by atoms with Crippen molar-refractivity contribution in [3.05, 3.63) is 58.7 Å². The maximum atomic E-state index is 12.6. The molecule has 0 aliphatic rings. The van der Waals surface area contributed by atoms with E-state index in [9.17, 15) is 21.6 Å². The van der Waals surface area contributed by atoms with Gasteiger partial charge in [0, 0.05) is 11.6 Å². The summed E-state index contributed by atoms with van der Waals surface area (Å²) in [7, 11) is -3.83. The zero-order valence-corrected chi connectivity index (χ0v) is 15.2. The maximum Gasteiger partial charge on any atom is 0.432 e. The molecule has 0 fully saturated rings. The minimum Gasteiger partial charge on any atom is -0.273 e. The first-order chi connectivity index (χ1) is 12.2. The minimum absolute atomic E-state index is 0.00410. The normalized spacial score (nSPS) is 12.5. The average Bonchev–Trinajstić information content (AvgIpc) is 3.23. The first kappa shape index (κ1) is 18.9. The number of nitrogens with one attached hydrogen (secondary N) is 2. The monoisotopic (exact) mass is 421 g/mol. The van der Waals surface area contributed by atoms with Gasteiger partial charge in [-0.3, -0.25) is 5.10 Å². The molecule has 0 aliphatic carbocycles. The summed E-state index contributed by atoms with van der Waals surface area (Å²) in [6.07, 6.45) is -4.55. The first-order valence-corrected chi connectivity index (χ1v) is 9.80. The van der Waals surface area contributed by atoms with Gasteiger partial charge in [0.1, 0.15) is 15.6 Å². The number of halogens is 4. The number of H-pyrrole nitrogens is 1. The second-order valence-electron chi connectivity index (χ2n) is 5.20.